The zero-order valence-electron chi connectivity index (χ0n) is 24.8. The molecule has 1 aromatic heterocycles. The van der Waals surface area contributed by atoms with E-state index in [0.717, 1.165) is 37.8 Å². The average Bonchev–Trinajstić information content (AvgIpc) is 3.70. The SMILES string of the molecule is CCCCN(CCCCN(C)C)C(=O)CN1C[C@H](c2cc(OC)c3c(c2)OCO3)[C@H](C(=O)O)[C@H]1CCn1cccn1. The van der Waals surface area contributed by atoms with Gasteiger partial charge >= 0.3 is 5.97 Å². The molecule has 1 N–H and O–H groups in total. The third-order valence-corrected chi connectivity index (χ3v) is 8.11. The summed E-state index contributed by atoms with van der Waals surface area (Å²) >= 11 is 0. The molecule has 0 bridgehead atoms. The van der Waals surface area contributed by atoms with Gasteiger partial charge in [0.25, 0.3) is 0 Å². The molecule has 0 radical (unpaired) electrons. The molecule has 4 rings (SSSR count). The first-order valence-corrected chi connectivity index (χ1v) is 14.7. The van der Waals surface area contributed by atoms with E-state index in [4.69, 9.17) is 14.2 Å². The van der Waals surface area contributed by atoms with E-state index < -0.39 is 11.9 Å². The maximum Gasteiger partial charge on any atom is 0.308 e. The second kappa shape index (κ2) is 14.5. The molecular formula is C30H45N5O6. The maximum atomic E-state index is 13.7. The number of likely N-dealkylation sites (tertiary alicyclic amines) is 1. The summed E-state index contributed by atoms with van der Waals surface area (Å²) in [6.45, 7) is 5.82. The predicted octanol–water partition coefficient (Wildman–Crippen LogP) is 3.15. The van der Waals surface area contributed by atoms with Gasteiger partial charge in [0.15, 0.2) is 11.5 Å². The van der Waals surface area contributed by atoms with E-state index in [1.807, 2.05) is 34.0 Å². The first-order valence-electron chi connectivity index (χ1n) is 14.7. The largest absolute Gasteiger partial charge is 0.493 e. The minimum atomic E-state index is -0.876. The van der Waals surface area contributed by atoms with Crippen LogP contribution in [0, 0.1) is 5.92 Å². The molecule has 0 unspecified atom stereocenters. The Balaban J connectivity index is 1.58. The molecule has 41 heavy (non-hydrogen) atoms. The Morgan fingerprint density at radius 2 is 1.93 bits per heavy atom. The summed E-state index contributed by atoms with van der Waals surface area (Å²) in [5, 5.41) is 14.8. The number of carbonyl (C=O) groups excluding carboxylic acids is 1. The van der Waals surface area contributed by atoms with Gasteiger partial charge in [0, 0.05) is 50.5 Å². The zero-order valence-corrected chi connectivity index (χ0v) is 24.8. The van der Waals surface area contributed by atoms with E-state index >= 15 is 0 Å². The lowest BCUT2D eigenvalue weighted by Gasteiger charge is -2.30. The highest BCUT2D eigenvalue weighted by atomic mass is 16.7. The van der Waals surface area contributed by atoms with Gasteiger partial charge in [-0.3, -0.25) is 19.2 Å². The van der Waals surface area contributed by atoms with Crippen LogP contribution in [0.3, 0.4) is 0 Å². The van der Waals surface area contributed by atoms with Crippen LogP contribution in [0.2, 0.25) is 0 Å². The van der Waals surface area contributed by atoms with Crippen molar-refractivity contribution in [3.05, 3.63) is 36.2 Å². The number of methoxy groups -OCH3 is 1. The number of aliphatic carboxylic acids is 1. The van der Waals surface area contributed by atoms with Crippen LogP contribution in [0.15, 0.2) is 30.6 Å². The van der Waals surface area contributed by atoms with Crippen LogP contribution >= 0.6 is 0 Å². The standard InChI is InChI=1S/C30H45N5O6/c1-5-6-13-33(14-8-7-12-32(2)3)27(36)20-34-19-23(22-17-25(39-4)29-26(18-22)40-21-41-29)28(30(37)38)24(34)10-16-35-15-9-11-31-35/h9,11,15,17-18,23-24,28H,5-8,10,12-14,16,19-21H2,1-4H3,(H,37,38)/t23-,24-,28+/m1/s1. The molecule has 1 saturated heterocycles. The normalized spacial score (nSPS) is 20.1. The van der Waals surface area contributed by atoms with Crippen LogP contribution in [0.25, 0.3) is 0 Å². The van der Waals surface area contributed by atoms with Crippen LogP contribution in [-0.4, -0.2) is 108 Å². The molecule has 1 aromatic carbocycles. The van der Waals surface area contributed by atoms with E-state index in [1.54, 1.807) is 13.3 Å². The first-order chi connectivity index (χ1) is 19.8. The van der Waals surface area contributed by atoms with Crippen molar-refractivity contribution in [3.63, 3.8) is 0 Å². The molecule has 11 heteroatoms. The number of carbonyl (C=O) groups is 2. The smallest absolute Gasteiger partial charge is 0.308 e. The van der Waals surface area contributed by atoms with E-state index in [0.29, 0.717) is 49.8 Å². The Morgan fingerprint density at radius 1 is 1.15 bits per heavy atom. The van der Waals surface area contributed by atoms with E-state index in [1.165, 1.54) is 0 Å². The summed E-state index contributed by atoms with van der Waals surface area (Å²) in [6.07, 6.45) is 8.06. The number of hydrogen-bond acceptors (Lipinski definition) is 8. The molecule has 3 heterocycles. The lowest BCUT2D eigenvalue weighted by atomic mass is 9.84. The van der Waals surface area contributed by atoms with Gasteiger partial charge in [-0.2, -0.15) is 5.10 Å². The van der Waals surface area contributed by atoms with Gasteiger partial charge in [0.1, 0.15) is 0 Å². The predicted molar refractivity (Wildman–Crippen MR) is 154 cm³/mol. The molecule has 2 aromatic rings. The quantitative estimate of drug-likeness (QED) is 0.304. The molecule has 226 valence electrons. The number of ether oxygens (including phenoxy) is 3. The fourth-order valence-electron chi connectivity index (χ4n) is 5.97. The van der Waals surface area contributed by atoms with E-state index in [2.05, 4.69) is 35.9 Å². The van der Waals surface area contributed by atoms with Crippen molar-refractivity contribution < 1.29 is 28.9 Å². The number of aryl methyl sites for hydroxylation is 1. The van der Waals surface area contributed by atoms with E-state index in [-0.39, 0.29) is 31.2 Å². The van der Waals surface area contributed by atoms with Gasteiger partial charge in [0.05, 0.1) is 19.6 Å². The highest BCUT2D eigenvalue weighted by Gasteiger charge is 2.47. The number of benzene rings is 1. The van der Waals surface area contributed by atoms with Crippen molar-refractivity contribution in [2.75, 3.05) is 60.7 Å². The van der Waals surface area contributed by atoms with Crippen molar-refractivity contribution >= 4 is 11.9 Å². The zero-order chi connectivity index (χ0) is 29.4. The Hall–Kier alpha value is -3.31. The summed E-state index contributed by atoms with van der Waals surface area (Å²) in [7, 11) is 5.68. The van der Waals surface area contributed by atoms with Crippen molar-refractivity contribution in [1.29, 1.82) is 0 Å². The molecule has 3 atom stereocenters. The molecule has 11 nitrogen and oxygen atoms in total. The molecule has 0 spiro atoms. The third kappa shape index (κ3) is 7.71. The molecule has 0 aliphatic carbocycles. The maximum absolute atomic E-state index is 13.7. The molecule has 1 amide bonds. The number of carboxylic acids is 1. The lowest BCUT2D eigenvalue weighted by Crippen LogP contribution is -2.45. The number of carboxylic acid groups (broad SMARTS) is 1. The third-order valence-electron chi connectivity index (χ3n) is 8.11. The Labute approximate surface area is 242 Å². The Kier molecular flexibility index (Phi) is 10.9. The minimum Gasteiger partial charge on any atom is -0.493 e. The number of nitrogens with zero attached hydrogens (tertiary/aromatic N) is 5. The monoisotopic (exact) mass is 571 g/mol. The van der Waals surface area contributed by atoms with Crippen molar-refractivity contribution in [1.82, 2.24) is 24.5 Å². The molecule has 1 fully saturated rings. The van der Waals surface area contributed by atoms with Crippen LogP contribution in [0.1, 0.15) is 50.5 Å². The van der Waals surface area contributed by atoms with Gasteiger partial charge in [0.2, 0.25) is 18.4 Å². The number of fused-ring (bicyclic) bond motifs is 1. The number of rotatable bonds is 16. The van der Waals surface area contributed by atoms with E-state index in [9.17, 15) is 14.7 Å². The minimum absolute atomic E-state index is 0.0560. The summed E-state index contributed by atoms with van der Waals surface area (Å²) in [6, 6.07) is 5.22. The molecule has 2 aliphatic rings. The number of unbranched alkanes of at least 4 members (excludes halogenated alkanes) is 2. The molecule has 0 saturated carbocycles. The number of aromatic nitrogens is 2. The van der Waals surface area contributed by atoms with Gasteiger partial charge < -0.3 is 29.1 Å². The molecule has 2 aliphatic heterocycles. The average molecular weight is 572 g/mol. The Bertz CT molecular complexity index is 1140. The highest BCUT2D eigenvalue weighted by molar-refractivity contribution is 5.79. The van der Waals surface area contributed by atoms with Crippen molar-refractivity contribution in [2.24, 2.45) is 5.92 Å². The van der Waals surface area contributed by atoms with Crippen molar-refractivity contribution in [2.45, 2.75) is 57.5 Å². The first kappa shape index (κ1) is 30.6. The van der Waals surface area contributed by atoms with Gasteiger partial charge in [-0.15, -0.1) is 0 Å². The summed E-state index contributed by atoms with van der Waals surface area (Å²) in [4.78, 5) is 32.8. The summed E-state index contributed by atoms with van der Waals surface area (Å²) in [5.74, 6) is -0.286. The summed E-state index contributed by atoms with van der Waals surface area (Å²) in [5.41, 5.74) is 0.809. The van der Waals surface area contributed by atoms with Crippen molar-refractivity contribution in [3.8, 4) is 17.2 Å². The van der Waals surface area contributed by atoms with Crippen LogP contribution in [0.5, 0.6) is 17.2 Å². The van der Waals surface area contributed by atoms with Gasteiger partial charge in [-0.25, -0.2) is 0 Å². The van der Waals surface area contributed by atoms with Crippen LogP contribution < -0.4 is 14.2 Å². The van der Waals surface area contributed by atoms with Crippen LogP contribution in [-0.2, 0) is 16.1 Å². The van der Waals surface area contributed by atoms with Gasteiger partial charge in [-0.1, -0.05) is 13.3 Å². The molecular weight excluding hydrogens is 526 g/mol. The topological polar surface area (TPSA) is 110 Å². The fourth-order valence-corrected chi connectivity index (χ4v) is 5.97. The summed E-state index contributed by atoms with van der Waals surface area (Å²) < 4.78 is 18.6. The lowest BCUT2D eigenvalue weighted by molar-refractivity contribution is -0.144. The second-order valence-electron chi connectivity index (χ2n) is 11.2. The highest BCUT2D eigenvalue weighted by Crippen LogP contribution is 2.47. The fraction of sp³-hybridized carbons (Fsp3) is 0.633. The van der Waals surface area contributed by atoms with Crippen LogP contribution in [0.4, 0.5) is 0 Å². The number of amides is 1. The van der Waals surface area contributed by atoms with Gasteiger partial charge in [-0.05, 0) is 70.1 Å². The second-order valence-corrected chi connectivity index (χ2v) is 11.2. The number of hydrogen-bond donors (Lipinski definition) is 1. The Morgan fingerprint density at radius 3 is 2.61 bits per heavy atom.